The van der Waals surface area contributed by atoms with Crippen LogP contribution in [0, 0.1) is 0 Å². The molecule has 88 valence electrons. The number of hydrogen-bond donors (Lipinski definition) is 2. The van der Waals surface area contributed by atoms with Crippen LogP contribution in [0.2, 0.25) is 5.02 Å². The molecule has 0 amide bonds. The van der Waals surface area contributed by atoms with Crippen molar-refractivity contribution in [3.8, 4) is 0 Å². The van der Waals surface area contributed by atoms with Crippen molar-refractivity contribution in [1.82, 2.24) is 4.57 Å². The van der Waals surface area contributed by atoms with Gasteiger partial charge >= 0.3 is 0 Å². The third kappa shape index (κ3) is 2.60. The van der Waals surface area contributed by atoms with Gasteiger partial charge in [-0.15, -0.1) is 0 Å². The van der Waals surface area contributed by atoms with Crippen molar-refractivity contribution in [3.63, 3.8) is 0 Å². The van der Waals surface area contributed by atoms with Gasteiger partial charge in [0.25, 0.3) is 0 Å². The fraction of sp³-hybridized carbons (Fsp3) is 0.0833. The molecular formula is C12H12ClN3O. The lowest BCUT2D eigenvalue weighted by Gasteiger charge is -2.08. The lowest BCUT2D eigenvalue weighted by atomic mass is 10.2. The van der Waals surface area contributed by atoms with Crippen LogP contribution in [-0.2, 0) is 6.54 Å². The molecule has 0 bridgehead atoms. The zero-order valence-electron chi connectivity index (χ0n) is 9.05. The molecule has 1 aromatic carbocycles. The number of rotatable bonds is 3. The van der Waals surface area contributed by atoms with Gasteiger partial charge in [-0.25, -0.2) is 0 Å². The Bertz CT molecular complexity index is 531. The Hall–Kier alpha value is -1.94. The largest absolute Gasteiger partial charge is 0.409 e. The number of nitrogens with zero attached hydrogens (tertiary/aromatic N) is 2. The van der Waals surface area contributed by atoms with Crippen LogP contribution in [0.3, 0.4) is 0 Å². The van der Waals surface area contributed by atoms with Gasteiger partial charge in [0.05, 0.1) is 5.69 Å². The first-order valence-corrected chi connectivity index (χ1v) is 5.46. The molecule has 0 saturated heterocycles. The van der Waals surface area contributed by atoms with Gasteiger partial charge in [-0.2, -0.15) is 0 Å². The highest BCUT2D eigenvalue weighted by atomic mass is 35.5. The topological polar surface area (TPSA) is 63.5 Å². The zero-order chi connectivity index (χ0) is 12.3. The molecule has 0 aliphatic rings. The van der Waals surface area contributed by atoms with E-state index in [2.05, 4.69) is 5.16 Å². The normalized spacial score (nSPS) is 11.7. The highest BCUT2D eigenvalue weighted by molar-refractivity contribution is 6.30. The molecule has 3 N–H and O–H groups in total. The molecule has 5 heteroatoms. The summed E-state index contributed by atoms with van der Waals surface area (Å²) in [5.74, 6) is 0.101. The molecule has 17 heavy (non-hydrogen) atoms. The Morgan fingerprint density at radius 1 is 1.29 bits per heavy atom. The first-order chi connectivity index (χ1) is 8.20. The molecule has 0 unspecified atom stereocenters. The fourth-order valence-electron chi connectivity index (χ4n) is 1.62. The van der Waals surface area contributed by atoms with E-state index in [9.17, 15) is 0 Å². The molecule has 0 atom stereocenters. The Morgan fingerprint density at radius 2 is 2.00 bits per heavy atom. The number of nitrogens with two attached hydrogens (primary N) is 1. The van der Waals surface area contributed by atoms with Crippen LogP contribution in [0.25, 0.3) is 0 Å². The molecule has 1 heterocycles. The third-order valence-corrected chi connectivity index (χ3v) is 2.72. The van der Waals surface area contributed by atoms with Crippen LogP contribution >= 0.6 is 11.6 Å². The number of benzene rings is 1. The predicted molar refractivity (Wildman–Crippen MR) is 67.5 cm³/mol. The number of hydrogen-bond acceptors (Lipinski definition) is 2. The standard InChI is InChI=1S/C12H12ClN3O/c13-10-5-3-9(4-6-10)8-16-7-1-2-11(16)12(14)15-17/h1-7,17H,8H2,(H2,14,15). The van der Waals surface area contributed by atoms with E-state index >= 15 is 0 Å². The van der Waals surface area contributed by atoms with Crippen molar-refractivity contribution >= 4 is 17.4 Å². The highest BCUT2D eigenvalue weighted by Crippen LogP contribution is 2.12. The molecule has 0 radical (unpaired) electrons. The fourth-order valence-corrected chi connectivity index (χ4v) is 1.75. The summed E-state index contributed by atoms with van der Waals surface area (Å²) in [5.41, 5.74) is 7.35. The van der Waals surface area contributed by atoms with E-state index in [0.717, 1.165) is 5.56 Å². The minimum atomic E-state index is 0.101. The molecule has 2 aromatic rings. The summed E-state index contributed by atoms with van der Waals surface area (Å²) in [6.07, 6.45) is 1.88. The van der Waals surface area contributed by atoms with Crippen LogP contribution in [0.5, 0.6) is 0 Å². The van der Waals surface area contributed by atoms with Gasteiger partial charge in [0.15, 0.2) is 5.84 Å². The maximum absolute atomic E-state index is 8.67. The third-order valence-electron chi connectivity index (χ3n) is 2.47. The summed E-state index contributed by atoms with van der Waals surface area (Å²) in [4.78, 5) is 0. The van der Waals surface area contributed by atoms with Crippen molar-refractivity contribution in [1.29, 1.82) is 0 Å². The average molecular weight is 250 g/mol. The Labute approximate surface area is 104 Å². The van der Waals surface area contributed by atoms with E-state index < -0.39 is 0 Å². The van der Waals surface area contributed by atoms with Crippen LogP contribution in [0.4, 0.5) is 0 Å². The minimum Gasteiger partial charge on any atom is -0.409 e. The quantitative estimate of drug-likeness (QED) is 0.379. The molecular weight excluding hydrogens is 238 g/mol. The van der Waals surface area contributed by atoms with Gasteiger partial charge in [0, 0.05) is 17.8 Å². The molecule has 1 aromatic heterocycles. The van der Waals surface area contributed by atoms with Crippen molar-refractivity contribution in [3.05, 3.63) is 58.9 Å². The van der Waals surface area contributed by atoms with Gasteiger partial charge in [-0.3, -0.25) is 0 Å². The maximum atomic E-state index is 8.67. The smallest absolute Gasteiger partial charge is 0.186 e. The Morgan fingerprint density at radius 3 is 2.65 bits per heavy atom. The van der Waals surface area contributed by atoms with Crippen LogP contribution in [0.15, 0.2) is 47.8 Å². The van der Waals surface area contributed by atoms with E-state index in [0.29, 0.717) is 17.3 Å². The molecule has 0 aliphatic heterocycles. The lowest BCUT2D eigenvalue weighted by molar-refractivity contribution is 0.318. The average Bonchev–Trinajstić information content (AvgIpc) is 2.79. The number of halogens is 1. The van der Waals surface area contributed by atoms with Crippen molar-refractivity contribution < 1.29 is 5.21 Å². The number of amidine groups is 1. The Kier molecular flexibility index (Phi) is 3.35. The van der Waals surface area contributed by atoms with Gasteiger partial charge in [0.1, 0.15) is 0 Å². The second kappa shape index (κ2) is 4.93. The van der Waals surface area contributed by atoms with Gasteiger partial charge in [0.2, 0.25) is 0 Å². The van der Waals surface area contributed by atoms with E-state index in [1.165, 1.54) is 0 Å². The van der Waals surface area contributed by atoms with Gasteiger partial charge in [-0.05, 0) is 29.8 Å². The number of oxime groups is 1. The second-order valence-electron chi connectivity index (χ2n) is 3.63. The van der Waals surface area contributed by atoms with Gasteiger partial charge in [-0.1, -0.05) is 28.9 Å². The van der Waals surface area contributed by atoms with Crippen molar-refractivity contribution in [2.75, 3.05) is 0 Å². The summed E-state index contributed by atoms with van der Waals surface area (Å²) in [7, 11) is 0. The lowest BCUT2D eigenvalue weighted by Crippen LogP contribution is -2.18. The predicted octanol–water partition coefficient (Wildman–Crippen LogP) is 2.28. The van der Waals surface area contributed by atoms with Crippen molar-refractivity contribution in [2.24, 2.45) is 10.9 Å². The molecule has 0 aliphatic carbocycles. The van der Waals surface area contributed by atoms with Crippen molar-refractivity contribution in [2.45, 2.75) is 6.54 Å². The maximum Gasteiger partial charge on any atom is 0.186 e. The zero-order valence-corrected chi connectivity index (χ0v) is 9.80. The second-order valence-corrected chi connectivity index (χ2v) is 4.07. The molecule has 2 rings (SSSR count). The van der Waals surface area contributed by atoms with E-state index in [1.54, 1.807) is 6.07 Å². The summed E-state index contributed by atoms with van der Waals surface area (Å²) < 4.78 is 1.90. The molecule has 0 fully saturated rings. The summed E-state index contributed by atoms with van der Waals surface area (Å²) in [6, 6.07) is 11.2. The SMILES string of the molecule is N/C(=N/O)c1cccn1Cc1ccc(Cl)cc1. The van der Waals surface area contributed by atoms with E-state index in [4.69, 9.17) is 22.5 Å². The van der Waals surface area contributed by atoms with E-state index in [1.807, 2.05) is 41.1 Å². The summed E-state index contributed by atoms with van der Waals surface area (Å²) >= 11 is 5.82. The first-order valence-electron chi connectivity index (χ1n) is 5.08. The van der Waals surface area contributed by atoms with Gasteiger partial charge < -0.3 is 15.5 Å². The van der Waals surface area contributed by atoms with Crippen LogP contribution in [-0.4, -0.2) is 15.6 Å². The first kappa shape index (κ1) is 11.5. The highest BCUT2D eigenvalue weighted by Gasteiger charge is 2.05. The van der Waals surface area contributed by atoms with Crippen LogP contribution in [0.1, 0.15) is 11.3 Å². The summed E-state index contributed by atoms with van der Waals surface area (Å²) in [6.45, 7) is 0.649. The van der Waals surface area contributed by atoms with E-state index in [-0.39, 0.29) is 5.84 Å². The minimum absolute atomic E-state index is 0.101. The summed E-state index contributed by atoms with van der Waals surface area (Å²) in [5, 5.41) is 12.4. The van der Waals surface area contributed by atoms with Crippen LogP contribution < -0.4 is 5.73 Å². The molecule has 4 nitrogen and oxygen atoms in total. The number of aromatic nitrogens is 1. The molecule has 0 saturated carbocycles. The monoisotopic (exact) mass is 249 g/mol. The molecule has 0 spiro atoms. The Balaban J connectivity index is 2.25.